The van der Waals surface area contributed by atoms with Gasteiger partial charge in [0.15, 0.2) is 0 Å². The number of aliphatic hydroxyl groups is 2. The second-order valence-corrected chi connectivity index (χ2v) is 7.76. The Bertz CT molecular complexity index is 817. The normalized spacial score (nSPS) is 13.4. The van der Waals surface area contributed by atoms with Crippen molar-refractivity contribution in [3.05, 3.63) is 64.7 Å². The van der Waals surface area contributed by atoms with Crippen LogP contribution in [0.25, 0.3) is 0 Å². The quantitative estimate of drug-likeness (QED) is 0.432. The maximum absolute atomic E-state index is 13.5. The molecule has 2 aromatic carbocycles. The van der Waals surface area contributed by atoms with Gasteiger partial charge < -0.3 is 20.7 Å². The summed E-state index contributed by atoms with van der Waals surface area (Å²) < 4.78 is 46.0. The van der Waals surface area contributed by atoms with Crippen molar-refractivity contribution in [2.45, 2.75) is 50.7 Å². The van der Waals surface area contributed by atoms with Crippen LogP contribution < -0.4 is 10.5 Å². The standard InChI is InChI=1S/C23H30F3NO3.ClH/c1-17-4-2-5-18(14-17)6-3-13-30-21-8-7-19(15-20(21)23(24,25)26)9-10-22(27,16-29)11-12-28;/h2,4-5,7-8,14-15,28-29H,3,6,9-13,16,27H2,1H3;1H. The number of halogens is 4. The van der Waals surface area contributed by atoms with Crippen LogP contribution in [-0.2, 0) is 19.0 Å². The molecule has 31 heavy (non-hydrogen) atoms. The van der Waals surface area contributed by atoms with E-state index in [-0.39, 0.29) is 57.2 Å². The highest BCUT2D eigenvalue weighted by atomic mass is 35.5. The molecular weight excluding hydrogens is 431 g/mol. The van der Waals surface area contributed by atoms with Crippen molar-refractivity contribution in [2.75, 3.05) is 19.8 Å². The Morgan fingerprint density at radius 1 is 0.968 bits per heavy atom. The topological polar surface area (TPSA) is 75.7 Å². The number of hydrogen-bond acceptors (Lipinski definition) is 4. The molecule has 2 aromatic rings. The summed E-state index contributed by atoms with van der Waals surface area (Å²) in [6, 6.07) is 12.0. The lowest BCUT2D eigenvalue weighted by molar-refractivity contribution is -0.139. The van der Waals surface area contributed by atoms with E-state index in [1.54, 1.807) is 6.07 Å². The van der Waals surface area contributed by atoms with E-state index in [9.17, 15) is 18.3 Å². The highest BCUT2D eigenvalue weighted by Gasteiger charge is 2.35. The van der Waals surface area contributed by atoms with E-state index in [0.717, 1.165) is 23.6 Å². The number of nitrogens with two attached hydrogens (primary N) is 1. The summed E-state index contributed by atoms with van der Waals surface area (Å²) in [4.78, 5) is 0. The Morgan fingerprint density at radius 3 is 2.29 bits per heavy atom. The minimum Gasteiger partial charge on any atom is -0.493 e. The molecule has 1 unspecified atom stereocenters. The average molecular weight is 462 g/mol. The van der Waals surface area contributed by atoms with Crippen LogP contribution in [0.1, 0.15) is 41.5 Å². The number of rotatable bonds is 11. The molecule has 8 heteroatoms. The zero-order valence-corrected chi connectivity index (χ0v) is 18.4. The van der Waals surface area contributed by atoms with Gasteiger partial charge >= 0.3 is 6.18 Å². The number of ether oxygens (including phenoxy) is 1. The van der Waals surface area contributed by atoms with E-state index in [1.165, 1.54) is 6.07 Å². The van der Waals surface area contributed by atoms with Gasteiger partial charge in [-0.1, -0.05) is 35.9 Å². The molecule has 1 atom stereocenters. The first-order chi connectivity index (χ1) is 14.2. The van der Waals surface area contributed by atoms with Crippen molar-refractivity contribution in [1.82, 2.24) is 0 Å². The van der Waals surface area contributed by atoms with Gasteiger partial charge in [0.05, 0.1) is 18.8 Å². The third-order valence-corrected chi connectivity index (χ3v) is 5.14. The summed E-state index contributed by atoms with van der Waals surface area (Å²) in [7, 11) is 0. The summed E-state index contributed by atoms with van der Waals surface area (Å²) >= 11 is 0. The fraction of sp³-hybridized carbons (Fsp3) is 0.478. The summed E-state index contributed by atoms with van der Waals surface area (Å²) in [6.45, 7) is 1.64. The molecule has 0 fully saturated rings. The van der Waals surface area contributed by atoms with Gasteiger partial charge in [-0.2, -0.15) is 13.2 Å². The summed E-state index contributed by atoms with van der Waals surface area (Å²) in [5, 5.41) is 18.5. The molecule has 2 rings (SSSR count). The highest BCUT2D eigenvalue weighted by Crippen LogP contribution is 2.37. The first kappa shape index (κ1) is 27.2. The van der Waals surface area contributed by atoms with Gasteiger partial charge in [-0.3, -0.25) is 0 Å². The Kier molecular flexibility index (Phi) is 10.8. The smallest absolute Gasteiger partial charge is 0.419 e. The summed E-state index contributed by atoms with van der Waals surface area (Å²) in [5.41, 5.74) is 6.88. The van der Waals surface area contributed by atoms with Crippen molar-refractivity contribution >= 4 is 12.4 Å². The van der Waals surface area contributed by atoms with E-state index in [2.05, 4.69) is 6.07 Å². The molecule has 4 nitrogen and oxygen atoms in total. The van der Waals surface area contributed by atoms with Gasteiger partial charge in [0.2, 0.25) is 0 Å². The lowest BCUT2D eigenvalue weighted by atomic mass is 9.89. The Labute approximate surface area is 187 Å². The molecule has 0 radical (unpaired) electrons. The van der Waals surface area contributed by atoms with Gasteiger partial charge in [-0.05, 0) is 62.3 Å². The predicted molar refractivity (Wildman–Crippen MR) is 118 cm³/mol. The third-order valence-electron chi connectivity index (χ3n) is 5.14. The minimum absolute atomic E-state index is 0. The van der Waals surface area contributed by atoms with Crippen LogP contribution in [0.2, 0.25) is 0 Å². The molecular formula is C23H31ClF3NO3. The number of hydrogen-bond donors (Lipinski definition) is 3. The molecule has 0 heterocycles. The fourth-order valence-corrected chi connectivity index (χ4v) is 3.31. The lowest BCUT2D eigenvalue weighted by Crippen LogP contribution is -2.44. The Balaban J connectivity index is 0.00000480. The average Bonchev–Trinajstić information content (AvgIpc) is 2.70. The van der Waals surface area contributed by atoms with Crippen LogP contribution in [0.3, 0.4) is 0 Å². The van der Waals surface area contributed by atoms with Crippen LogP contribution in [0.4, 0.5) is 13.2 Å². The van der Waals surface area contributed by atoms with Gasteiger partial charge in [0, 0.05) is 12.1 Å². The van der Waals surface area contributed by atoms with Gasteiger partial charge in [0.25, 0.3) is 0 Å². The van der Waals surface area contributed by atoms with Crippen LogP contribution in [0.5, 0.6) is 5.75 Å². The molecule has 0 aliphatic heterocycles. The summed E-state index contributed by atoms with van der Waals surface area (Å²) in [6.07, 6.45) is -2.51. The largest absolute Gasteiger partial charge is 0.493 e. The van der Waals surface area contributed by atoms with E-state index in [1.807, 2.05) is 25.1 Å². The van der Waals surface area contributed by atoms with E-state index in [4.69, 9.17) is 15.6 Å². The monoisotopic (exact) mass is 461 g/mol. The van der Waals surface area contributed by atoms with Crippen molar-refractivity contribution in [2.24, 2.45) is 5.73 Å². The maximum atomic E-state index is 13.5. The Hall–Kier alpha value is -1.80. The third kappa shape index (κ3) is 8.69. The molecule has 0 aromatic heterocycles. The number of alkyl halides is 3. The highest BCUT2D eigenvalue weighted by molar-refractivity contribution is 5.85. The predicted octanol–water partition coefficient (Wildman–Crippen LogP) is 4.45. The molecule has 0 aliphatic carbocycles. The van der Waals surface area contributed by atoms with E-state index >= 15 is 0 Å². The molecule has 0 saturated heterocycles. The van der Waals surface area contributed by atoms with Crippen molar-refractivity contribution in [3.8, 4) is 5.75 Å². The Morgan fingerprint density at radius 2 is 1.68 bits per heavy atom. The van der Waals surface area contributed by atoms with E-state index in [0.29, 0.717) is 12.0 Å². The zero-order valence-electron chi connectivity index (χ0n) is 17.6. The number of aryl methyl sites for hydroxylation is 3. The second kappa shape index (κ2) is 12.3. The lowest BCUT2D eigenvalue weighted by Gasteiger charge is -2.26. The first-order valence-corrected chi connectivity index (χ1v) is 10.1. The molecule has 174 valence electrons. The first-order valence-electron chi connectivity index (χ1n) is 10.1. The molecule has 0 bridgehead atoms. The number of benzene rings is 2. The SMILES string of the molecule is Cc1cccc(CCCOc2ccc(CCC(N)(CO)CCO)cc2C(F)(F)F)c1.Cl. The fourth-order valence-electron chi connectivity index (χ4n) is 3.31. The molecule has 0 amide bonds. The van der Waals surface area contributed by atoms with Crippen molar-refractivity contribution in [1.29, 1.82) is 0 Å². The van der Waals surface area contributed by atoms with Crippen LogP contribution in [0, 0.1) is 6.92 Å². The van der Waals surface area contributed by atoms with Crippen molar-refractivity contribution in [3.63, 3.8) is 0 Å². The van der Waals surface area contributed by atoms with Gasteiger partial charge in [-0.25, -0.2) is 0 Å². The van der Waals surface area contributed by atoms with Crippen molar-refractivity contribution < 1.29 is 28.1 Å². The molecule has 0 spiro atoms. The molecule has 4 N–H and O–H groups in total. The second-order valence-electron chi connectivity index (χ2n) is 7.76. The van der Waals surface area contributed by atoms with Crippen LogP contribution >= 0.6 is 12.4 Å². The number of aliphatic hydroxyl groups excluding tert-OH is 2. The molecule has 0 saturated carbocycles. The summed E-state index contributed by atoms with van der Waals surface area (Å²) in [5.74, 6) is -0.188. The van der Waals surface area contributed by atoms with E-state index < -0.39 is 17.3 Å². The minimum atomic E-state index is -4.54. The zero-order chi connectivity index (χ0) is 22.2. The van der Waals surface area contributed by atoms with Crippen LogP contribution in [0.15, 0.2) is 42.5 Å². The van der Waals surface area contributed by atoms with Gasteiger partial charge in [-0.15, -0.1) is 12.4 Å². The maximum Gasteiger partial charge on any atom is 0.419 e. The van der Waals surface area contributed by atoms with Crippen LogP contribution in [-0.4, -0.2) is 35.6 Å². The van der Waals surface area contributed by atoms with Gasteiger partial charge in [0.1, 0.15) is 5.75 Å². The molecule has 0 aliphatic rings.